The smallest absolute Gasteiger partial charge is 0.322 e. The molecule has 0 saturated heterocycles. The number of aliphatic carboxylic acids is 2. The summed E-state index contributed by atoms with van der Waals surface area (Å²) in [4.78, 5) is 44.1. The number of carbonyl (C=O) groups is 4. The lowest BCUT2D eigenvalue weighted by molar-refractivity contribution is -0.141. The summed E-state index contributed by atoms with van der Waals surface area (Å²) in [6.07, 6.45) is 0.138. The highest BCUT2D eigenvalue weighted by atomic mass is 16.4. The van der Waals surface area contributed by atoms with Gasteiger partial charge in [0.15, 0.2) is 0 Å². The molecule has 0 aliphatic heterocycles. The first kappa shape index (κ1) is 18.9. The number of hydrogen-bond acceptors (Lipinski definition) is 4. The fourth-order valence-corrected chi connectivity index (χ4v) is 1.77. The second kappa shape index (κ2) is 9.73. The molecule has 0 heterocycles. The summed E-state index contributed by atoms with van der Waals surface area (Å²) >= 11 is 0. The molecule has 0 spiro atoms. The van der Waals surface area contributed by atoms with Gasteiger partial charge in [-0.05, 0) is 12.3 Å². The lowest BCUT2D eigenvalue weighted by atomic mass is 9.93. The van der Waals surface area contributed by atoms with Gasteiger partial charge < -0.3 is 20.8 Å². The van der Waals surface area contributed by atoms with Gasteiger partial charge in [-0.1, -0.05) is 13.8 Å². The van der Waals surface area contributed by atoms with Crippen LogP contribution in [0.1, 0.15) is 33.1 Å². The molecular weight excluding hydrogens is 280 g/mol. The number of carbonyl (C=O) groups excluding carboxylic acids is 2. The van der Waals surface area contributed by atoms with Crippen LogP contribution in [0.4, 0.5) is 0 Å². The molecular formula is C13H22N2O6. The number of rotatable bonds is 10. The molecule has 0 radical (unpaired) electrons. The largest absolute Gasteiger partial charge is 0.481 e. The van der Waals surface area contributed by atoms with Gasteiger partial charge >= 0.3 is 11.9 Å². The normalized spacial score (nSPS) is 11.8. The summed E-state index contributed by atoms with van der Waals surface area (Å²) < 4.78 is 0. The van der Waals surface area contributed by atoms with Crippen molar-refractivity contribution in [2.45, 2.75) is 33.1 Å². The molecule has 8 nitrogen and oxygen atoms in total. The third-order valence-electron chi connectivity index (χ3n) is 2.64. The van der Waals surface area contributed by atoms with Crippen LogP contribution in [0.15, 0.2) is 0 Å². The number of nitrogens with one attached hydrogen (secondary N) is 2. The maximum atomic E-state index is 11.9. The van der Waals surface area contributed by atoms with Crippen LogP contribution >= 0.6 is 0 Å². The Bertz CT molecular complexity index is 394. The van der Waals surface area contributed by atoms with Crippen molar-refractivity contribution in [3.63, 3.8) is 0 Å². The van der Waals surface area contributed by atoms with Gasteiger partial charge in [0, 0.05) is 18.9 Å². The minimum atomic E-state index is -1.15. The van der Waals surface area contributed by atoms with E-state index in [4.69, 9.17) is 10.2 Å². The molecule has 0 fully saturated rings. The lowest BCUT2D eigenvalue weighted by Crippen LogP contribution is -2.36. The summed E-state index contributed by atoms with van der Waals surface area (Å²) in [7, 11) is 0. The Hall–Kier alpha value is -2.12. The topological polar surface area (TPSA) is 133 Å². The predicted octanol–water partition coefficient (Wildman–Crippen LogP) is -0.169. The van der Waals surface area contributed by atoms with Crippen LogP contribution in [-0.4, -0.2) is 47.1 Å². The van der Waals surface area contributed by atoms with E-state index >= 15 is 0 Å². The van der Waals surface area contributed by atoms with Crippen molar-refractivity contribution >= 4 is 23.8 Å². The molecule has 21 heavy (non-hydrogen) atoms. The molecule has 8 heteroatoms. The van der Waals surface area contributed by atoms with Crippen molar-refractivity contribution < 1.29 is 29.4 Å². The van der Waals surface area contributed by atoms with Crippen molar-refractivity contribution in [3.8, 4) is 0 Å². The zero-order valence-corrected chi connectivity index (χ0v) is 12.2. The highest BCUT2D eigenvalue weighted by molar-refractivity contribution is 5.84. The fourth-order valence-electron chi connectivity index (χ4n) is 1.77. The van der Waals surface area contributed by atoms with Crippen molar-refractivity contribution in [1.82, 2.24) is 10.6 Å². The fraction of sp³-hybridized carbons (Fsp3) is 0.692. The summed E-state index contributed by atoms with van der Waals surface area (Å²) in [5, 5.41) is 21.8. The maximum absolute atomic E-state index is 11.9. The molecule has 0 aromatic rings. The zero-order valence-electron chi connectivity index (χ0n) is 12.2. The van der Waals surface area contributed by atoms with Crippen LogP contribution < -0.4 is 10.6 Å². The molecule has 0 aliphatic carbocycles. The van der Waals surface area contributed by atoms with Crippen LogP contribution in [0, 0.1) is 11.8 Å². The predicted molar refractivity (Wildman–Crippen MR) is 73.5 cm³/mol. The molecule has 2 amide bonds. The lowest BCUT2D eigenvalue weighted by Gasteiger charge is -2.16. The molecule has 0 aliphatic rings. The minimum Gasteiger partial charge on any atom is -0.481 e. The van der Waals surface area contributed by atoms with E-state index in [1.54, 1.807) is 0 Å². The van der Waals surface area contributed by atoms with E-state index in [-0.39, 0.29) is 25.3 Å². The van der Waals surface area contributed by atoms with Crippen molar-refractivity contribution in [1.29, 1.82) is 0 Å². The minimum absolute atomic E-state index is 0.0402. The number of carboxylic acid groups (broad SMARTS) is 2. The van der Waals surface area contributed by atoms with Crippen LogP contribution in [0.2, 0.25) is 0 Å². The van der Waals surface area contributed by atoms with E-state index in [0.29, 0.717) is 6.42 Å². The standard InChI is InChI=1S/C13H22N2O6/c1-8(2)5-9(6-11(17)18)13(21)14-4-3-10(16)15-7-12(19)20/h8-9H,3-7H2,1-2H3,(H,14,21)(H,15,16)(H,17,18)(H,19,20). The number of hydrogen-bond donors (Lipinski definition) is 4. The average molecular weight is 302 g/mol. The van der Waals surface area contributed by atoms with Crippen molar-refractivity contribution in [2.24, 2.45) is 11.8 Å². The van der Waals surface area contributed by atoms with Gasteiger partial charge in [0.05, 0.1) is 6.42 Å². The molecule has 4 N–H and O–H groups in total. The maximum Gasteiger partial charge on any atom is 0.322 e. The van der Waals surface area contributed by atoms with E-state index in [1.165, 1.54) is 0 Å². The first-order valence-electron chi connectivity index (χ1n) is 6.70. The second-order valence-electron chi connectivity index (χ2n) is 5.14. The Morgan fingerprint density at radius 1 is 1.00 bits per heavy atom. The van der Waals surface area contributed by atoms with Crippen molar-refractivity contribution in [3.05, 3.63) is 0 Å². The molecule has 0 rings (SSSR count). The van der Waals surface area contributed by atoms with Crippen LogP contribution in [0.3, 0.4) is 0 Å². The van der Waals surface area contributed by atoms with E-state index in [1.807, 2.05) is 13.8 Å². The summed E-state index contributed by atoms with van der Waals surface area (Å²) in [6.45, 7) is 3.35. The average Bonchev–Trinajstić information content (AvgIpc) is 2.34. The van der Waals surface area contributed by atoms with Crippen molar-refractivity contribution in [2.75, 3.05) is 13.1 Å². The van der Waals surface area contributed by atoms with Gasteiger partial charge in [-0.15, -0.1) is 0 Å². The molecule has 1 unspecified atom stereocenters. The van der Waals surface area contributed by atoms with E-state index in [2.05, 4.69) is 10.6 Å². The van der Waals surface area contributed by atoms with E-state index in [0.717, 1.165) is 0 Å². The Labute approximate surface area is 122 Å². The Kier molecular flexibility index (Phi) is 8.75. The van der Waals surface area contributed by atoms with Gasteiger partial charge in [-0.25, -0.2) is 0 Å². The van der Waals surface area contributed by atoms with Gasteiger partial charge in [-0.3, -0.25) is 19.2 Å². The summed E-state index contributed by atoms with van der Waals surface area (Å²) in [6, 6.07) is 0. The van der Waals surface area contributed by atoms with Gasteiger partial charge in [0.25, 0.3) is 0 Å². The summed E-state index contributed by atoms with van der Waals surface area (Å²) in [5.41, 5.74) is 0. The van der Waals surface area contributed by atoms with Gasteiger partial charge in [0.2, 0.25) is 11.8 Å². The van der Waals surface area contributed by atoms with Crippen LogP contribution in [0.5, 0.6) is 0 Å². The number of carboxylic acids is 2. The first-order chi connectivity index (χ1) is 9.72. The Morgan fingerprint density at radius 2 is 1.62 bits per heavy atom. The second-order valence-corrected chi connectivity index (χ2v) is 5.14. The highest BCUT2D eigenvalue weighted by Gasteiger charge is 2.22. The summed E-state index contributed by atoms with van der Waals surface area (Å²) in [5.74, 6) is -3.54. The molecule has 0 aromatic heterocycles. The monoisotopic (exact) mass is 302 g/mol. The van der Waals surface area contributed by atoms with Gasteiger partial charge in [0.1, 0.15) is 6.54 Å². The molecule has 0 bridgehead atoms. The molecule has 0 saturated carbocycles. The molecule has 120 valence electrons. The highest BCUT2D eigenvalue weighted by Crippen LogP contribution is 2.15. The zero-order chi connectivity index (χ0) is 16.4. The molecule has 1 atom stereocenters. The Morgan fingerprint density at radius 3 is 2.10 bits per heavy atom. The third kappa shape index (κ3) is 10.3. The Balaban J connectivity index is 4.15. The molecule has 0 aromatic carbocycles. The van der Waals surface area contributed by atoms with E-state index in [9.17, 15) is 19.2 Å². The van der Waals surface area contributed by atoms with Gasteiger partial charge in [-0.2, -0.15) is 0 Å². The van der Waals surface area contributed by atoms with E-state index < -0.39 is 36.2 Å². The third-order valence-corrected chi connectivity index (χ3v) is 2.64. The quantitative estimate of drug-likeness (QED) is 0.443. The van der Waals surface area contributed by atoms with Crippen LogP contribution in [0.25, 0.3) is 0 Å². The SMILES string of the molecule is CC(C)CC(CC(=O)O)C(=O)NCCC(=O)NCC(=O)O. The number of amides is 2. The van der Waals surface area contributed by atoms with Crippen LogP contribution in [-0.2, 0) is 19.2 Å². The first-order valence-corrected chi connectivity index (χ1v) is 6.70.